The van der Waals surface area contributed by atoms with Gasteiger partial charge in [-0.05, 0) is 67.0 Å². The molecule has 1 atom stereocenters. The van der Waals surface area contributed by atoms with Crippen LogP contribution in [0.3, 0.4) is 0 Å². The van der Waals surface area contributed by atoms with Gasteiger partial charge in [-0.3, -0.25) is 9.80 Å². The number of rotatable bonds is 2. The Balaban J connectivity index is 1.75. The van der Waals surface area contributed by atoms with Gasteiger partial charge in [0.2, 0.25) is 0 Å². The van der Waals surface area contributed by atoms with Crippen molar-refractivity contribution < 1.29 is 8.78 Å². The third kappa shape index (κ3) is 2.90. The Bertz CT molecular complexity index is 495. The highest BCUT2D eigenvalue weighted by Gasteiger charge is 2.29. The van der Waals surface area contributed by atoms with Crippen LogP contribution in [0.2, 0.25) is 0 Å². The Morgan fingerprint density at radius 2 is 1.95 bits per heavy atom. The minimum atomic E-state index is -0.461. The van der Waals surface area contributed by atoms with Gasteiger partial charge in [-0.25, -0.2) is 8.78 Å². The van der Waals surface area contributed by atoms with E-state index in [4.69, 9.17) is 0 Å². The van der Waals surface area contributed by atoms with E-state index in [-0.39, 0.29) is 5.56 Å². The Labute approximate surface area is 126 Å². The molecule has 2 saturated heterocycles. The summed E-state index contributed by atoms with van der Waals surface area (Å²) in [5, 5.41) is 0. The van der Waals surface area contributed by atoms with Gasteiger partial charge in [0.05, 0.1) is 4.47 Å². The molecule has 2 fully saturated rings. The summed E-state index contributed by atoms with van der Waals surface area (Å²) in [6.45, 7) is 4.49. The first kappa shape index (κ1) is 14.4. The van der Waals surface area contributed by atoms with Gasteiger partial charge < -0.3 is 0 Å². The first-order valence-corrected chi connectivity index (χ1v) is 8.03. The van der Waals surface area contributed by atoms with Crippen LogP contribution in [0.1, 0.15) is 24.8 Å². The molecular weight excluding hydrogens is 326 g/mol. The standard InChI is InChI=1S/C15H19BrF2N2/c16-13-4-5-14(17)12(15(13)18)10-19-6-2-8-20-7-1-3-11(20)9-19/h4-5,11H,1-3,6-10H2. The highest BCUT2D eigenvalue weighted by molar-refractivity contribution is 9.10. The minimum absolute atomic E-state index is 0.186. The summed E-state index contributed by atoms with van der Waals surface area (Å²) in [6.07, 6.45) is 3.53. The van der Waals surface area contributed by atoms with Crippen LogP contribution in [0, 0.1) is 11.6 Å². The lowest BCUT2D eigenvalue weighted by atomic mass is 10.1. The first-order chi connectivity index (χ1) is 9.65. The van der Waals surface area contributed by atoms with Gasteiger partial charge in [-0.15, -0.1) is 0 Å². The molecule has 2 aliphatic rings. The van der Waals surface area contributed by atoms with E-state index in [1.807, 2.05) is 0 Å². The molecule has 0 amide bonds. The van der Waals surface area contributed by atoms with Gasteiger partial charge in [0.25, 0.3) is 0 Å². The molecule has 0 aliphatic carbocycles. The first-order valence-electron chi connectivity index (χ1n) is 7.24. The van der Waals surface area contributed by atoms with Crippen molar-refractivity contribution in [3.05, 3.63) is 33.8 Å². The normalized spacial score (nSPS) is 24.6. The van der Waals surface area contributed by atoms with Crippen LogP contribution < -0.4 is 0 Å². The van der Waals surface area contributed by atoms with Gasteiger partial charge in [0, 0.05) is 24.7 Å². The van der Waals surface area contributed by atoms with E-state index >= 15 is 0 Å². The summed E-state index contributed by atoms with van der Waals surface area (Å²) in [7, 11) is 0. The van der Waals surface area contributed by atoms with Crippen molar-refractivity contribution in [3.63, 3.8) is 0 Å². The van der Waals surface area contributed by atoms with Crippen LogP contribution >= 0.6 is 15.9 Å². The molecule has 1 aromatic rings. The van der Waals surface area contributed by atoms with E-state index in [0.29, 0.717) is 17.1 Å². The van der Waals surface area contributed by atoms with Gasteiger partial charge in [0.15, 0.2) is 0 Å². The van der Waals surface area contributed by atoms with Crippen LogP contribution in [-0.4, -0.2) is 42.0 Å². The number of hydrogen-bond acceptors (Lipinski definition) is 2. The number of halogens is 3. The lowest BCUT2D eigenvalue weighted by molar-refractivity contribution is 0.212. The van der Waals surface area contributed by atoms with Gasteiger partial charge in [0.1, 0.15) is 11.6 Å². The number of hydrogen-bond donors (Lipinski definition) is 0. The van der Waals surface area contributed by atoms with Crippen molar-refractivity contribution in [3.8, 4) is 0 Å². The molecule has 0 N–H and O–H groups in total. The number of nitrogens with zero attached hydrogens (tertiary/aromatic N) is 2. The second kappa shape index (κ2) is 6.08. The molecule has 3 rings (SSSR count). The maximum atomic E-state index is 14.1. The van der Waals surface area contributed by atoms with Crippen LogP contribution in [0.15, 0.2) is 16.6 Å². The summed E-state index contributed by atoms with van der Waals surface area (Å²) < 4.78 is 28.3. The molecule has 0 radical (unpaired) electrons. The molecule has 2 nitrogen and oxygen atoms in total. The zero-order valence-electron chi connectivity index (χ0n) is 11.4. The average molecular weight is 345 g/mol. The topological polar surface area (TPSA) is 6.48 Å². The molecule has 0 spiro atoms. The van der Waals surface area contributed by atoms with Crippen LogP contribution in [0.4, 0.5) is 8.78 Å². The summed E-state index contributed by atoms with van der Waals surface area (Å²) in [4.78, 5) is 4.72. The molecule has 2 heterocycles. The summed E-state index contributed by atoms with van der Waals surface area (Å²) in [6, 6.07) is 3.33. The Morgan fingerprint density at radius 3 is 2.80 bits per heavy atom. The largest absolute Gasteiger partial charge is 0.299 e. The van der Waals surface area contributed by atoms with E-state index < -0.39 is 11.6 Å². The van der Waals surface area contributed by atoms with Crippen molar-refractivity contribution in [2.24, 2.45) is 0 Å². The van der Waals surface area contributed by atoms with E-state index in [1.54, 1.807) is 0 Å². The fraction of sp³-hybridized carbons (Fsp3) is 0.600. The second-order valence-corrected chi connectivity index (χ2v) is 6.60. The summed E-state index contributed by atoms with van der Waals surface area (Å²) >= 11 is 3.14. The lowest BCUT2D eigenvalue weighted by Gasteiger charge is -2.25. The fourth-order valence-corrected chi connectivity index (χ4v) is 3.74. The van der Waals surface area contributed by atoms with Gasteiger partial charge >= 0.3 is 0 Å². The van der Waals surface area contributed by atoms with Crippen LogP contribution in [0.5, 0.6) is 0 Å². The Morgan fingerprint density at radius 1 is 1.15 bits per heavy atom. The molecule has 110 valence electrons. The average Bonchev–Trinajstić information content (AvgIpc) is 2.78. The number of benzene rings is 1. The van der Waals surface area contributed by atoms with Gasteiger partial charge in [-0.2, -0.15) is 0 Å². The molecule has 5 heteroatoms. The van der Waals surface area contributed by atoms with Crippen molar-refractivity contribution >= 4 is 15.9 Å². The van der Waals surface area contributed by atoms with Crippen molar-refractivity contribution in [1.29, 1.82) is 0 Å². The molecule has 0 aromatic heterocycles. The summed E-state index contributed by atoms with van der Waals surface area (Å²) in [5.74, 6) is -0.907. The van der Waals surface area contributed by atoms with Crippen molar-refractivity contribution in [2.45, 2.75) is 31.8 Å². The highest BCUT2D eigenvalue weighted by atomic mass is 79.9. The van der Waals surface area contributed by atoms with Crippen LogP contribution in [-0.2, 0) is 6.54 Å². The minimum Gasteiger partial charge on any atom is -0.299 e. The van der Waals surface area contributed by atoms with Crippen molar-refractivity contribution in [1.82, 2.24) is 9.80 Å². The van der Waals surface area contributed by atoms with Crippen molar-refractivity contribution in [2.75, 3.05) is 26.2 Å². The third-order valence-electron chi connectivity index (χ3n) is 4.41. The maximum absolute atomic E-state index is 14.1. The Hall–Kier alpha value is -0.520. The zero-order valence-corrected chi connectivity index (χ0v) is 13.0. The zero-order chi connectivity index (χ0) is 14.1. The SMILES string of the molecule is Fc1ccc(Br)c(F)c1CN1CCCN2CCCC2C1. The second-order valence-electron chi connectivity index (χ2n) is 5.74. The molecule has 20 heavy (non-hydrogen) atoms. The predicted molar refractivity (Wildman–Crippen MR) is 78.5 cm³/mol. The molecule has 0 bridgehead atoms. The third-order valence-corrected chi connectivity index (χ3v) is 5.02. The smallest absolute Gasteiger partial charge is 0.144 e. The fourth-order valence-electron chi connectivity index (χ4n) is 3.36. The van der Waals surface area contributed by atoms with E-state index in [1.165, 1.54) is 31.5 Å². The molecular formula is C15H19BrF2N2. The lowest BCUT2D eigenvalue weighted by Crippen LogP contribution is -2.36. The van der Waals surface area contributed by atoms with E-state index in [0.717, 1.165) is 26.1 Å². The Kier molecular flexibility index (Phi) is 4.38. The molecule has 2 aliphatic heterocycles. The van der Waals surface area contributed by atoms with Crippen LogP contribution in [0.25, 0.3) is 0 Å². The maximum Gasteiger partial charge on any atom is 0.144 e. The summed E-state index contributed by atoms with van der Waals surface area (Å²) in [5.41, 5.74) is 0.186. The monoisotopic (exact) mass is 344 g/mol. The van der Waals surface area contributed by atoms with E-state index in [2.05, 4.69) is 25.7 Å². The van der Waals surface area contributed by atoms with E-state index in [9.17, 15) is 8.78 Å². The van der Waals surface area contributed by atoms with Gasteiger partial charge in [-0.1, -0.05) is 0 Å². The molecule has 0 saturated carbocycles. The number of fused-ring (bicyclic) bond motifs is 1. The molecule has 1 unspecified atom stereocenters. The molecule has 1 aromatic carbocycles. The predicted octanol–water partition coefficient (Wildman–Crippen LogP) is 3.40. The quantitative estimate of drug-likeness (QED) is 0.758. The highest BCUT2D eigenvalue weighted by Crippen LogP contribution is 2.26.